The fourth-order valence-corrected chi connectivity index (χ4v) is 3.86. The Bertz CT molecular complexity index is 1030. The minimum atomic E-state index is -0.989. The van der Waals surface area contributed by atoms with E-state index in [1.54, 1.807) is 64.3 Å². The predicted octanol–water partition coefficient (Wildman–Crippen LogP) is 5.40. The number of ether oxygens (including phenoxy) is 2. The molecular weight excluding hydrogens is 486 g/mol. The maximum atomic E-state index is 13.6. The van der Waals surface area contributed by atoms with Crippen LogP contribution in [0.15, 0.2) is 48.5 Å². The summed E-state index contributed by atoms with van der Waals surface area (Å²) >= 11 is 0. The molecule has 0 saturated heterocycles. The number of carbonyl (C=O) groups excluding carboxylic acids is 3. The number of anilines is 1. The Balaban J connectivity index is 2.32. The molecule has 1 atom stereocenters. The maximum Gasteiger partial charge on any atom is 0.408 e. The molecule has 2 rings (SSSR count). The van der Waals surface area contributed by atoms with Crippen LogP contribution in [0.2, 0.25) is 0 Å². The molecule has 0 aliphatic carbocycles. The molecule has 0 saturated carbocycles. The summed E-state index contributed by atoms with van der Waals surface area (Å²) in [6.07, 6.45) is 4.09. The quantitative estimate of drug-likeness (QED) is 0.300. The number of methoxy groups -OCH3 is 1. The van der Waals surface area contributed by atoms with Crippen LogP contribution in [0.1, 0.15) is 71.4 Å². The number of hydrogen-bond acceptors (Lipinski definition) is 6. The lowest BCUT2D eigenvalue weighted by Crippen LogP contribution is -2.47. The zero-order valence-electron chi connectivity index (χ0n) is 23.1. The smallest absolute Gasteiger partial charge is 0.408 e. The van der Waals surface area contributed by atoms with Gasteiger partial charge in [-0.2, -0.15) is 0 Å². The number of phenolic OH excluding ortho intramolecular Hbond substituents is 1. The Morgan fingerprint density at radius 1 is 0.947 bits per heavy atom. The van der Waals surface area contributed by atoms with Gasteiger partial charge >= 0.3 is 6.09 Å². The number of rotatable bonds is 13. The lowest BCUT2D eigenvalue weighted by Gasteiger charge is -2.32. The molecule has 0 aliphatic heterocycles. The summed E-state index contributed by atoms with van der Waals surface area (Å²) in [7, 11) is 1.56. The van der Waals surface area contributed by atoms with Gasteiger partial charge in [-0.25, -0.2) is 4.79 Å². The van der Waals surface area contributed by atoms with Crippen molar-refractivity contribution in [1.82, 2.24) is 10.2 Å². The number of nitrogens with one attached hydrogen (secondary N) is 2. The van der Waals surface area contributed by atoms with E-state index in [-0.39, 0.29) is 12.3 Å². The summed E-state index contributed by atoms with van der Waals surface area (Å²) in [4.78, 5) is 40.8. The number of alkyl carbamates (subject to hydrolysis) is 1. The number of hydrogen-bond donors (Lipinski definition) is 3. The van der Waals surface area contributed by atoms with E-state index in [0.29, 0.717) is 30.0 Å². The van der Waals surface area contributed by atoms with Crippen molar-refractivity contribution in [3.8, 4) is 11.5 Å². The number of benzene rings is 2. The third kappa shape index (κ3) is 10.3. The van der Waals surface area contributed by atoms with Crippen molar-refractivity contribution in [2.24, 2.45) is 0 Å². The molecule has 38 heavy (non-hydrogen) atoms. The molecule has 0 aromatic heterocycles. The van der Waals surface area contributed by atoms with Gasteiger partial charge in [-0.1, -0.05) is 44.7 Å². The van der Waals surface area contributed by atoms with E-state index in [1.807, 2.05) is 0 Å². The van der Waals surface area contributed by atoms with Crippen molar-refractivity contribution in [3.63, 3.8) is 0 Å². The normalized spacial score (nSPS) is 11.8. The minimum Gasteiger partial charge on any atom is -0.508 e. The van der Waals surface area contributed by atoms with Gasteiger partial charge in [0.25, 0.3) is 5.91 Å². The highest BCUT2D eigenvalue weighted by molar-refractivity contribution is 5.98. The second-order valence-electron chi connectivity index (χ2n) is 10.1. The van der Waals surface area contributed by atoms with Crippen LogP contribution < -0.4 is 15.4 Å². The first-order chi connectivity index (χ1) is 18.0. The van der Waals surface area contributed by atoms with E-state index in [4.69, 9.17) is 9.47 Å². The van der Waals surface area contributed by atoms with E-state index >= 15 is 0 Å². The van der Waals surface area contributed by atoms with Gasteiger partial charge in [-0.3, -0.25) is 9.59 Å². The van der Waals surface area contributed by atoms with Gasteiger partial charge in [0.2, 0.25) is 5.91 Å². The summed E-state index contributed by atoms with van der Waals surface area (Å²) < 4.78 is 10.4. The number of amides is 3. The number of unbranched alkanes of at least 4 members (excludes halogenated alkanes) is 4. The first kappa shape index (κ1) is 30.5. The van der Waals surface area contributed by atoms with Gasteiger partial charge in [0.1, 0.15) is 29.7 Å². The summed E-state index contributed by atoms with van der Waals surface area (Å²) in [5.74, 6) is -0.142. The molecule has 1 unspecified atom stereocenters. The van der Waals surface area contributed by atoms with Gasteiger partial charge in [-0.15, -0.1) is 0 Å². The van der Waals surface area contributed by atoms with Crippen molar-refractivity contribution in [3.05, 3.63) is 54.1 Å². The van der Waals surface area contributed by atoms with Crippen LogP contribution in [0, 0.1) is 0 Å². The summed E-state index contributed by atoms with van der Waals surface area (Å²) in [5, 5.41) is 15.2. The van der Waals surface area contributed by atoms with Crippen molar-refractivity contribution < 1.29 is 29.0 Å². The lowest BCUT2D eigenvalue weighted by atomic mass is 10.0. The molecule has 3 amide bonds. The zero-order chi connectivity index (χ0) is 28.1. The van der Waals surface area contributed by atoms with Crippen molar-refractivity contribution >= 4 is 23.6 Å². The Labute approximate surface area is 225 Å². The minimum absolute atomic E-state index is 0.0482. The highest BCUT2D eigenvalue weighted by atomic mass is 16.6. The zero-order valence-corrected chi connectivity index (χ0v) is 23.1. The number of aromatic hydroxyl groups is 1. The highest BCUT2D eigenvalue weighted by Crippen LogP contribution is 2.26. The maximum absolute atomic E-state index is 13.6. The number of nitrogens with zero attached hydrogens (tertiary/aromatic N) is 1. The van der Waals surface area contributed by atoms with Crippen LogP contribution in [-0.4, -0.2) is 53.7 Å². The molecule has 2 aromatic rings. The molecule has 0 spiro atoms. The Hall–Kier alpha value is -3.75. The van der Waals surface area contributed by atoms with E-state index in [2.05, 4.69) is 17.6 Å². The predicted molar refractivity (Wildman–Crippen MR) is 147 cm³/mol. The van der Waals surface area contributed by atoms with Crippen LogP contribution in [0.5, 0.6) is 11.5 Å². The molecule has 3 N–H and O–H groups in total. The van der Waals surface area contributed by atoms with Crippen molar-refractivity contribution in [1.29, 1.82) is 0 Å². The topological polar surface area (TPSA) is 117 Å². The first-order valence-corrected chi connectivity index (χ1v) is 13.0. The molecule has 0 fully saturated rings. The largest absolute Gasteiger partial charge is 0.508 e. The molecule has 9 nitrogen and oxygen atoms in total. The molecule has 0 radical (unpaired) electrons. The van der Waals surface area contributed by atoms with Crippen molar-refractivity contribution in [2.75, 3.05) is 25.5 Å². The van der Waals surface area contributed by atoms with E-state index in [9.17, 15) is 19.5 Å². The van der Waals surface area contributed by atoms with Crippen LogP contribution in [0.4, 0.5) is 10.5 Å². The first-order valence-electron chi connectivity index (χ1n) is 13.0. The Kier molecular flexibility index (Phi) is 11.9. The molecular formula is C29H41N3O6. The van der Waals surface area contributed by atoms with E-state index in [1.165, 1.54) is 17.0 Å². The van der Waals surface area contributed by atoms with Crippen molar-refractivity contribution in [2.45, 2.75) is 71.4 Å². The lowest BCUT2D eigenvalue weighted by molar-refractivity contribution is -0.138. The monoisotopic (exact) mass is 527 g/mol. The number of phenols is 1. The standard InChI is InChI=1S/C29H41N3O6/c1-6-7-8-9-10-19-32(25(34)20-30-28(36)38-29(2,3)4)26(21-11-15-23(33)16-12-21)27(35)31-22-13-17-24(37-5)18-14-22/h11-18,26,33H,6-10,19-20H2,1-5H3,(H,30,36)(H,31,35). The summed E-state index contributed by atoms with van der Waals surface area (Å²) in [6, 6.07) is 12.1. The fraction of sp³-hybridized carbons (Fsp3) is 0.483. The molecule has 0 bridgehead atoms. The van der Waals surface area contributed by atoms with Crippen LogP contribution in [0.25, 0.3) is 0 Å². The Morgan fingerprint density at radius 2 is 1.58 bits per heavy atom. The van der Waals surface area contributed by atoms with Crippen LogP contribution >= 0.6 is 0 Å². The molecule has 0 heterocycles. The highest BCUT2D eigenvalue weighted by Gasteiger charge is 2.32. The molecule has 9 heteroatoms. The van der Waals surface area contributed by atoms with E-state index < -0.39 is 29.6 Å². The third-order valence-corrected chi connectivity index (χ3v) is 5.73. The van der Waals surface area contributed by atoms with Gasteiger partial charge in [0.05, 0.1) is 7.11 Å². The second kappa shape index (κ2) is 14.9. The van der Waals surface area contributed by atoms with Gasteiger partial charge in [0, 0.05) is 12.2 Å². The third-order valence-electron chi connectivity index (χ3n) is 5.73. The molecule has 0 aliphatic rings. The molecule has 2 aromatic carbocycles. The summed E-state index contributed by atoms with van der Waals surface area (Å²) in [6.45, 7) is 7.33. The van der Waals surface area contributed by atoms with Crippen LogP contribution in [-0.2, 0) is 14.3 Å². The fourth-order valence-electron chi connectivity index (χ4n) is 3.86. The average Bonchev–Trinajstić information content (AvgIpc) is 2.86. The van der Waals surface area contributed by atoms with Gasteiger partial charge in [-0.05, 0) is 69.2 Å². The van der Waals surface area contributed by atoms with Crippen LogP contribution in [0.3, 0.4) is 0 Å². The number of carbonyl (C=O) groups is 3. The van der Waals surface area contributed by atoms with E-state index in [0.717, 1.165) is 25.7 Å². The SMILES string of the molecule is CCCCCCCN(C(=O)CNC(=O)OC(C)(C)C)C(C(=O)Nc1ccc(OC)cc1)c1ccc(O)cc1. The summed E-state index contributed by atoms with van der Waals surface area (Å²) in [5.41, 5.74) is 0.369. The second-order valence-corrected chi connectivity index (χ2v) is 10.1. The molecule has 208 valence electrons. The Morgan fingerprint density at radius 3 is 2.16 bits per heavy atom. The van der Waals surface area contributed by atoms with Gasteiger partial charge < -0.3 is 30.1 Å². The average molecular weight is 528 g/mol. The van der Waals surface area contributed by atoms with Gasteiger partial charge in [0.15, 0.2) is 0 Å².